The molecule has 1 N–H and O–H groups in total. The number of anilines is 3. The molecule has 0 aliphatic heterocycles. The summed E-state index contributed by atoms with van der Waals surface area (Å²) in [5, 5.41) is 3.32. The lowest BCUT2D eigenvalue weighted by Gasteiger charge is -2.27. The van der Waals surface area contributed by atoms with Gasteiger partial charge in [0, 0.05) is 31.2 Å². The lowest BCUT2D eigenvalue weighted by Crippen LogP contribution is -2.35. The van der Waals surface area contributed by atoms with E-state index in [-0.39, 0.29) is 6.03 Å². The second-order valence-electron chi connectivity index (χ2n) is 10.4. The number of carbonyl (C=O) groups is 1. The van der Waals surface area contributed by atoms with Crippen LogP contribution < -0.4 is 15.1 Å². The molecule has 4 heteroatoms. The Morgan fingerprint density at radius 2 is 1.31 bits per heavy atom. The van der Waals surface area contributed by atoms with Crippen LogP contribution in [0.3, 0.4) is 0 Å². The number of nitrogens with zero attached hydrogens (tertiary/aromatic N) is 2. The van der Waals surface area contributed by atoms with E-state index in [0.29, 0.717) is 24.3 Å². The SMILES string of the molecule is CC(C)c1cccc(N(Cc2ccc(N(C)C)cc2)C(=O)Nc2c(C(C)C)cccc2C(C)C)c1. The Morgan fingerprint density at radius 3 is 1.83 bits per heavy atom. The van der Waals surface area contributed by atoms with Crippen LogP contribution in [0, 0.1) is 0 Å². The first kappa shape index (κ1) is 26.3. The second kappa shape index (κ2) is 11.4. The van der Waals surface area contributed by atoms with Gasteiger partial charge >= 0.3 is 6.03 Å². The molecular formula is C31H41N3O. The van der Waals surface area contributed by atoms with Crippen LogP contribution in [0.4, 0.5) is 21.9 Å². The Bertz CT molecular complexity index is 1100. The molecule has 0 saturated heterocycles. The van der Waals surface area contributed by atoms with E-state index in [4.69, 9.17) is 0 Å². The van der Waals surface area contributed by atoms with Gasteiger partial charge in [-0.15, -0.1) is 0 Å². The van der Waals surface area contributed by atoms with Gasteiger partial charge in [0.25, 0.3) is 0 Å². The van der Waals surface area contributed by atoms with E-state index < -0.39 is 0 Å². The molecule has 0 saturated carbocycles. The summed E-state index contributed by atoms with van der Waals surface area (Å²) in [5.74, 6) is 0.994. The highest BCUT2D eigenvalue weighted by Gasteiger charge is 2.22. The van der Waals surface area contributed by atoms with Crippen molar-refractivity contribution in [1.29, 1.82) is 0 Å². The average Bonchev–Trinajstić information content (AvgIpc) is 2.82. The van der Waals surface area contributed by atoms with Crippen molar-refractivity contribution in [1.82, 2.24) is 0 Å². The van der Waals surface area contributed by atoms with Crippen molar-refractivity contribution in [2.45, 2.75) is 65.8 Å². The molecule has 0 atom stereocenters. The van der Waals surface area contributed by atoms with Gasteiger partial charge in [-0.3, -0.25) is 4.90 Å². The maximum absolute atomic E-state index is 13.9. The molecule has 35 heavy (non-hydrogen) atoms. The van der Waals surface area contributed by atoms with Crippen molar-refractivity contribution in [3.63, 3.8) is 0 Å². The van der Waals surface area contributed by atoms with Crippen molar-refractivity contribution < 1.29 is 4.79 Å². The number of carbonyl (C=O) groups excluding carboxylic acids is 1. The molecule has 3 rings (SSSR count). The van der Waals surface area contributed by atoms with Crippen LogP contribution in [0.2, 0.25) is 0 Å². The predicted octanol–water partition coefficient (Wildman–Crippen LogP) is 8.36. The van der Waals surface area contributed by atoms with Crippen molar-refractivity contribution in [3.05, 3.63) is 89.0 Å². The van der Waals surface area contributed by atoms with Crippen LogP contribution in [0.5, 0.6) is 0 Å². The molecule has 0 heterocycles. The summed E-state index contributed by atoms with van der Waals surface area (Å²) in [7, 11) is 4.06. The zero-order chi connectivity index (χ0) is 25.7. The lowest BCUT2D eigenvalue weighted by atomic mass is 9.92. The molecule has 0 aromatic heterocycles. The van der Waals surface area contributed by atoms with Crippen LogP contribution in [0.15, 0.2) is 66.7 Å². The van der Waals surface area contributed by atoms with Crippen LogP contribution in [-0.4, -0.2) is 20.1 Å². The number of nitrogens with one attached hydrogen (secondary N) is 1. The Labute approximate surface area is 212 Å². The maximum atomic E-state index is 13.9. The summed E-state index contributed by atoms with van der Waals surface area (Å²) in [6.45, 7) is 13.5. The maximum Gasteiger partial charge on any atom is 0.326 e. The molecule has 0 bridgehead atoms. The predicted molar refractivity (Wildman–Crippen MR) is 151 cm³/mol. The van der Waals surface area contributed by atoms with E-state index >= 15 is 0 Å². The van der Waals surface area contributed by atoms with Crippen LogP contribution in [0.1, 0.15) is 81.5 Å². The van der Waals surface area contributed by atoms with Gasteiger partial charge in [0.1, 0.15) is 0 Å². The summed E-state index contributed by atoms with van der Waals surface area (Å²) >= 11 is 0. The van der Waals surface area contributed by atoms with Crippen molar-refractivity contribution in [2.24, 2.45) is 0 Å². The highest BCUT2D eigenvalue weighted by atomic mass is 16.2. The Kier molecular flexibility index (Phi) is 8.61. The van der Waals surface area contributed by atoms with Gasteiger partial charge in [0.05, 0.1) is 6.54 Å². The molecule has 2 amide bonds. The molecule has 3 aromatic carbocycles. The first-order valence-corrected chi connectivity index (χ1v) is 12.7. The monoisotopic (exact) mass is 471 g/mol. The molecule has 0 unspecified atom stereocenters. The first-order chi connectivity index (χ1) is 16.6. The number of urea groups is 1. The minimum absolute atomic E-state index is 0.113. The average molecular weight is 472 g/mol. The van der Waals surface area contributed by atoms with E-state index in [0.717, 1.165) is 33.8 Å². The fourth-order valence-electron chi connectivity index (χ4n) is 4.28. The standard InChI is InChI=1S/C31H41N3O/c1-21(2)25-11-9-12-27(19-25)34(20-24-15-17-26(18-16-24)33(7)8)31(35)32-30-28(22(3)4)13-10-14-29(30)23(5)6/h9-19,21-23H,20H2,1-8H3,(H,32,35). The third-order valence-corrected chi connectivity index (χ3v) is 6.49. The summed E-state index contributed by atoms with van der Waals surface area (Å²) in [5.41, 5.74) is 7.61. The highest BCUT2D eigenvalue weighted by molar-refractivity contribution is 6.02. The van der Waals surface area contributed by atoms with Crippen molar-refractivity contribution in [2.75, 3.05) is 29.2 Å². The number of hydrogen-bond donors (Lipinski definition) is 1. The van der Waals surface area contributed by atoms with Gasteiger partial charge in [0.15, 0.2) is 0 Å². The van der Waals surface area contributed by atoms with Gasteiger partial charge in [-0.1, -0.05) is 84.0 Å². The topological polar surface area (TPSA) is 35.6 Å². The van der Waals surface area contributed by atoms with Gasteiger partial charge in [-0.2, -0.15) is 0 Å². The molecule has 0 aliphatic carbocycles. The molecule has 0 spiro atoms. The number of hydrogen-bond acceptors (Lipinski definition) is 2. The van der Waals surface area contributed by atoms with E-state index in [1.54, 1.807) is 0 Å². The van der Waals surface area contributed by atoms with Crippen LogP contribution in [0.25, 0.3) is 0 Å². The molecular weight excluding hydrogens is 430 g/mol. The van der Waals surface area contributed by atoms with Gasteiger partial charge in [-0.25, -0.2) is 4.79 Å². The largest absolute Gasteiger partial charge is 0.378 e. The highest BCUT2D eigenvalue weighted by Crippen LogP contribution is 2.33. The van der Waals surface area contributed by atoms with Gasteiger partial charge in [0.2, 0.25) is 0 Å². The Hall–Kier alpha value is -3.27. The Balaban J connectivity index is 2.02. The number of rotatable bonds is 8. The molecule has 0 radical (unpaired) electrons. The minimum atomic E-state index is -0.113. The number of amides is 2. The number of para-hydroxylation sites is 1. The van der Waals surface area contributed by atoms with E-state index in [1.165, 1.54) is 5.56 Å². The fourth-order valence-corrected chi connectivity index (χ4v) is 4.28. The molecule has 186 valence electrons. The molecule has 3 aromatic rings. The minimum Gasteiger partial charge on any atom is -0.378 e. The zero-order valence-electron chi connectivity index (χ0n) is 22.6. The summed E-state index contributed by atoms with van der Waals surface area (Å²) in [6, 6.07) is 22.9. The summed E-state index contributed by atoms with van der Waals surface area (Å²) < 4.78 is 0. The van der Waals surface area contributed by atoms with Crippen molar-refractivity contribution >= 4 is 23.1 Å². The Morgan fingerprint density at radius 1 is 0.743 bits per heavy atom. The van der Waals surface area contributed by atoms with Crippen LogP contribution in [-0.2, 0) is 6.54 Å². The molecule has 0 fully saturated rings. The van der Waals surface area contributed by atoms with Crippen LogP contribution >= 0.6 is 0 Å². The summed E-state index contributed by atoms with van der Waals surface area (Å²) in [4.78, 5) is 17.9. The molecule has 0 aliphatic rings. The number of benzene rings is 3. The first-order valence-electron chi connectivity index (χ1n) is 12.7. The van der Waals surface area contributed by atoms with E-state index in [1.807, 2.05) is 31.1 Å². The van der Waals surface area contributed by atoms with E-state index in [2.05, 4.69) is 106 Å². The van der Waals surface area contributed by atoms with Crippen molar-refractivity contribution in [3.8, 4) is 0 Å². The zero-order valence-corrected chi connectivity index (χ0v) is 22.6. The van der Waals surface area contributed by atoms with Gasteiger partial charge in [-0.05, 0) is 64.3 Å². The summed E-state index contributed by atoms with van der Waals surface area (Å²) in [6.07, 6.45) is 0. The third kappa shape index (κ3) is 6.45. The normalized spacial score (nSPS) is 11.3. The quantitative estimate of drug-likeness (QED) is 0.358. The van der Waals surface area contributed by atoms with Gasteiger partial charge < -0.3 is 10.2 Å². The third-order valence-electron chi connectivity index (χ3n) is 6.49. The smallest absolute Gasteiger partial charge is 0.326 e. The van der Waals surface area contributed by atoms with E-state index in [9.17, 15) is 4.79 Å². The fraction of sp³-hybridized carbons (Fsp3) is 0.387. The molecule has 4 nitrogen and oxygen atoms in total. The second-order valence-corrected chi connectivity index (χ2v) is 10.4. The lowest BCUT2D eigenvalue weighted by molar-refractivity contribution is 0.256.